The lowest BCUT2D eigenvalue weighted by Gasteiger charge is -2.40. The van der Waals surface area contributed by atoms with Crippen LogP contribution >= 0.6 is 0 Å². The number of nitrogens with zero attached hydrogens (tertiary/aromatic N) is 1. The van der Waals surface area contributed by atoms with Crippen molar-refractivity contribution in [3.63, 3.8) is 0 Å². The van der Waals surface area contributed by atoms with Gasteiger partial charge in [-0.05, 0) is 30.5 Å². The molecule has 1 aromatic carbocycles. The van der Waals surface area contributed by atoms with Crippen molar-refractivity contribution in [2.75, 3.05) is 26.8 Å². The summed E-state index contributed by atoms with van der Waals surface area (Å²) in [6.45, 7) is 0.546. The van der Waals surface area contributed by atoms with E-state index in [1.54, 1.807) is 12.1 Å². The molecule has 1 aliphatic rings. The first-order chi connectivity index (χ1) is 9.99. The lowest BCUT2D eigenvalue weighted by Crippen LogP contribution is -2.49. The molecule has 0 aromatic heterocycles. The predicted molar refractivity (Wildman–Crippen MR) is 74.0 cm³/mol. The fourth-order valence-electron chi connectivity index (χ4n) is 2.64. The van der Waals surface area contributed by atoms with Crippen LogP contribution < -0.4 is 0 Å². The van der Waals surface area contributed by atoms with Crippen molar-refractivity contribution in [3.05, 3.63) is 35.6 Å². The monoisotopic (exact) mass is 297 g/mol. The molecule has 5 nitrogen and oxygen atoms in total. The fourth-order valence-corrected chi connectivity index (χ4v) is 2.64. The van der Waals surface area contributed by atoms with Crippen LogP contribution in [-0.2, 0) is 9.53 Å². The van der Waals surface area contributed by atoms with E-state index in [0.717, 1.165) is 0 Å². The zero-order valence-corrected chi connectivity index (χ0v) is 12.0. The van der Waals surface area contributed by atoms with Crippen molar-refractivity contribution >= 4 is 5.97 Å². The molecule has 0 amide bonds. The Hall–Kier alpha value is -1.50. The van der Waals surface area contributed by atoms with E-state index < -0.39 is 23.4 Å². The molecule has 2 rings (SSSR count). The minimum atomic E-state index is -1.10. The summed E-state index contributed by atoms with van der Waals surface area (Å²) in [5.41, 5.74) is -0.574. The van der Waals surface area contributed by atoms with Crippen LogP contribution in [0.3, 0.4) is 0 Å². The van der Waals surface area contributed by atoms with Crippen LogP contribution in [0.25, 0.3) is 0 Å². The highest BCUT2D eigenvalue weighted by Gasteiger charge is 2.37. The van der Waals surface area contributed by atoms with Crippen LogP contribution in [0, 0.1) is 5.82 Å². The number of hydrogen-bond acceptors (Lipinski definition) is 5. The molecule has 6 heteroatoms. The molecule has 1 aromatic rings. The van der Waals surface area contributed by atoms with E-state index >= 15 is 0 Å². The second-order valence-corrected chi connectivity index (χ2v) is 5.40. The SMILES string of the molecule is COC(=O)C(c1cccc(F)c1)N1CCC(O)(CO)CC1. The van der Waals surface area contributed by atoms with E-state index in [1.807, 2.05) is 4.90 Å². The molecule has 1 fully saturated rings. The molecule has 2 N–H and O–H groups in total. The predicted octanol–water partition coefficient (Wildman–Crippen LogP) is 0.859. The molecule has 1 unspecified atom stereocenters. The number of benzene rings is 1. The number of esters is 1. The van der Waals surface area contributed by atoms with Gasteiger partial charge in [-0.15, -0.1) is 0 Å². The lowest BCUT2D eigenvalue weighted by atomic mass is 9.90. The van der Waals surface area contributed by atoms with E-state index in [4.69, 9.17) is 4.74 Å². The number of halogens is 1. The third-order valence-corrected chi connectivity index (χ3v) is 3.98. The number of carbonyl (C=O) groups is 1. The van der Waals surface area contributed by atoms with Gasteiger partial charge in [0.15, 0.2) is 0 Å². The van der Waals surface area contributed by atoms with Gasteiger partial charge in [-0.2, -0.15) is 0 Å². The van der Waals surface area contributed by atoms with Gasteiger partial charge in [0.25, 0.3) is 0 Å². The summed E-state index contributed by atoms with van der Waals surface area (Å²) in [6, 6.07) is 5.16. The lowest BCUT2D eigenvalue weighted by molar-refractivity contribution is -0.150. The number of piperidine rings is 1. The quantitative estimate of drug-likeness (QED) is 0.807. The van der Waals surface area contributed by atoms with Gasteiger partial charge in [-0.25, -0.2) is 9.18 Å². The van der Waals surface area contributed by atoms with Gasteiger partial charge in [0.1, 0.15) is 11.9 Å². The first kappa shape index (κ1) is 15.9. The zero-order chi connectivity index (χ0) is 15.5. The number of aliphatic hydroxyl groups excluding tert-OH is 1. The number of ether oxygens (including phenoxy) is 1. The summed E-state index contributed by atoms with van der Waals surface area (Å²) in [5, 5.41) is 19.2. The molecule has 1 aliphatic heterocycles. The minimum absolute atomic E-state index is 0.302. The standard InChI is InChI=1S/C15H20FNO4/c1-21-14(19)13(11-3-2-4-12(16)9-11)17-7-5-15(20,10-18)6-8-17/h2-4,9,13,18,20H,5-8,10H2,1H3. The molecule has 0 aliphatic carbocycles. The number of hydrogen-bond donors (Lipinski definition) is 2. The Kier molecular flexibility index (Phi) is 4.92. The molecular weight excluding hydrogens is 277 g/mol. The van der Waals surface area contributed by atoms with Crippen molar-refractivity contribution < 1.29 is 24.1 Å². The second kappa shape index (κ2) is 6.51. The van der Waals surface area contributed by atoms with Crippen molar-refractivity contribution in [3.8, 4) is 0 Å². The average molecular weight is 297 g/mol. The number of aliphatic hydroxyl groups is 2. The summed E-state index contributed by atoms with van der Waals surface area (Å²) in [6.07, 6.45) is 0.707. The highest BCUT2D eigenvalue weighted by atomic mass is 19.1. The second-order valence-electron chi connectivity index (χ2n) is 5.40. The van der Waals surface area contributed by atoms with E-state index in [-0.39, 0.29) is 6.61 Å². The molecule has 21 heavy (non-hydrogen) atoms. The van der Waals surface area contributed by atoms with Gasteiger partial charge in [-0.1, -0.05) is 12.1 Å². The van der Waals surface area contributed by atoms with E-state index in [9.17, 15) is 19.4 Å². The van der Waals surface area contributed by atoms with Crippen LogP contribution in [0.15, 0.2) is 24.3 Å². The summed E-state index contributed by atoms with van der Waals surface area (Å²) in [7, 11) is 1.29. The number of methoxy groups -OCH3 is 1. The van der Waals surface area contributed by atoms with Gasteiger partial charge in [-0.3, -0.25) is 4.90 Å². The van der Waals surface area contributed by atoms with Crippen molar-refractivity contribution in [2.45, 2.75) is 24.5 Å². The normalized spacial score (nSPS) is 20.0. The van der Waals surface area contributed by atoms with Gasteiger partial charge in [0, 0.05) is 13.1 Å². The molecule has 0 saturated carbocycles. The molecule has 0 bridgehead atoms. The van der Waals surface area contributed by atoms with E-state index in [2.05, 4.69) is 0 Å². The summed E-state index contributed by atoms with van der Waals surface area (Å²) in [4.78, 5) is 13.9. The Bertz CT molecular complexity index is 500. The van der Waals surface area contributed by atoms with E-state index in [0.29, 0.717) is 31.5 Å². The first-order valence-electron chi connectivity index (χ1n) is 6.90. The minimum Gasteiger partial charge on any atom is -0.468 e. The van der Waals surface area contributed by atoms with Crippen LogP contribution in [0.1, 0.15) is 24.4 Å². The summed E-state index contributed by atoms with van der Waals surface area (Å²) < 4.78 is 18.2. The maximum absolute atomic E-state index is 13.4. The van der Waals surface area contributed by atoms with Gasteiger partial charge in [0.2, 0.25) is 0 Å². The zero-order valence-electron chi connectivity index (χ0n) is 12.0. The topological polar surface area (TPSA) is 70.0 Å². The number of carbonyl (C=O) groups excluding carboxylic acids is 1. The van der Waals surface area contributed by atoms with Gasteiger partial charge >= 0.3 is 5.97 Å². The Morgan fingerprint density at radius 3 is 2.67 bits per heavy atom. The maximum Gasteiger partial charge on any atom is 0.327 e. The molecular formula is C15H20FNO4. The number of rotatable bonds is 4. The Morgan fingerprint density at radius 2 is 2.14 bits per heavy atom. The van der Waals surface area contributed by atoms with Crippen molar-refractivity contribution in [2.24, 2.45) is 0 Å². The molecule has 116 valence electrons. The summed E-state index contributed by atoms with van der Waals surface area (Å²) >= 11 is 0. The Labute approximate surface area is 122 Å². The molecule has 0 spiro atoms. The van der Waals surface area contributed by atoms with Crippen LogP contribution in [0.2, 0.25) is 0 Å². The molecule has 1 saturated heterocycles. The largest absolute Gasteiger partial charge is 0.468 e. The highest BCUT2D eigenvalue weighted by molar-refractivity contribution is 5.77. The smallest absolute Gasteiger partial charge is 0.327 e. The average Bonchev–Trinajstić information content (AvgIpc) is 2.49. The van der Waals surface area contributed by atoms with Crippen LogP contribution in [0.4, 0.5) is 4.39 Å². The third-order valence-electron chi connectivity index (χ3n) is 3.98. The van der Waals surface area contributed by atoms with Gasteiger partial charge < -0.3 is 14.9 Å². The van der Waals surface area contributed by atoms with Crippen LogP contribution in [0.5, 0.6) is 0 Å². The van der Waals surface area contributed by atoms with Gasteiger partial charge in [0.05, 0.1) is 19.3 Å². The molecule has 1 heterocycles. The number of likely N-dealkylation sites (tertiary alicyclic amines) is 1. The summed E-state index contributed by atoms with van der Waals surface area (Å²) in [5.74, 6) is -0.875. The fraction of sp³-hybridized carbons (Fsp3) is 0.533. The van der Waals surface area contributed by atoms with Crippen LogP contribution in [-0.4, -0.2) is 53.5 Å². The third kappa shape index (κ3) is 3.58. The Morgan fingerprint density at radius 1 is 1.48 bits per heavy atom. The van der Waals surface area contributed by atoms with E-state index in [1.165, 1.54) is 19.2 Å². The van der Waals surface area contributed by atoms with Crippen molar-refractivity contribution in [1.29, 1.82) is 0 Å². The maximum atomic E-state index is 13.4. The van der Waals surface area contributed by atoms with Crippen molar-refractivity contribution in [1.82, 2.24) is 4.90 Å². The highest BCUT2D eigenvalue weighted by Crippen LogP contribution is 2.30. The Balaban J connectivity index is 2.20. The molecule has 0 radical (unpaired) electrons. The first-order valence-corrected chi connectivity index (χ1v) is 6.90. The molecule has 1 atom stereocenters.